The summed E-state index contributed by atoms with van der Waals surface area (Å²) >= 11 is 0. The van der Waals surface area contributed by atoms with Gasteiger partial charge in [0.25, 0.3) is 0 Å². The molecule has 21 heavy (non-hydrogen) atoms. The molecule has 8 heteroatoms. The molecule has 3 N–H and O–H groups in total. The van der Waals surface area contributed by atoms with Gasteiger partial charge in [0.15, 0.2) is 0 Å². The Bertz CT molecular complexity index is 680. The number of sulfonamides is 1. The van der Waals surface area contributed by atoms with Crippen LogP contribution in [0.25, 0.3) is 0 Å². The van der Waals surface area contributed by atoms with E-state index >= 15 is 0 Å². The first kappa shape index (κ1) is 15.5. The highest BCUT2D eigenvalue weighted by molar-refractivity contribution is 7.89. The fourth-order valence-electron chi connectivity index (χ4n) is 1.70. The Labute approximate surface area is 123 Å². The lowest BCUT2D eigenvalue weighted by Gasteiger charge is -2.07. The number of nitrogens with one attached hydrogen (secondary N) is 1. The van der Waals surface area contributed by atoms with Crippen LogP contribution in [0, 0.1) is 0 Å². The highest BCUT2D eigenvalue weighted by atomic mass is 32.2. The highest BCUT2D eigenvalue weighted by Gasteiger charge is 2.14. The number of nitrogens with two attached hydrogens (primary N) is 1. The molecule has 0 aliphatic rings. The average molecular weight is 310 g/mol. The van der Waals surface area contributed by atoms with Gasteiger partial charge in [-0.3, -0.25) is 4.68 Å². The molecule has 0 aliphatic carbocycles. The van der Waals surface area contributed by atoms with Crippen molar-refractivity contribution in [1.82, 2.24) is 14.5 Å². The van der Waals surface area contributed by atoms with Gasteiger partial charge in [-0.1, -0.05) is 0 Å². The topological polar surface area (TPSA) is 99.2 Å². The van der Waals surface area contributed by atoms with Gasteiger partial charge in [-0.25, -0.2) is 13.1 Å². The number of ether oxygens (including phenoxy) is 1. The number of hydrogen-bond acceptors (Lipinski definition) is 5. The fraction of sp³-hybridized carbons (Fsp3) is 0.308. The number of aryl methyl sites for hydroxylation is 1. The Morgan fingerprint density at radius 2 is 2.00 bits per heavy atom. The molecule has 0 amide bonds. The molecule has 7 nitrogen and oxygen atoms in total. The van der Waals surface area contributed by atoms with Crippen LogP contribution in [0.3, 0.4) is 0 Å². The number of hydrogen-bond donors (Lipinski definition) is 2. The molecule has 0 spiro atoms. The van der Waals surface area contributed by atoms with E-state index in [9.17, 15) is 8.42 Å². The van der Waals surface area contributed by atoms with Crippen molar-refractivity contribution < 1.29 is 13.2 Å². The molecule has 0 saturated heterocycles. The summed E-state index contributed by atoms with van der Waals surface area (Å²) in [5, 5.41) is 4.11. The summed E-state index contributed by atoms with van der Waals surface area (Å²) in [5.74, 6) is 0.587. The van der Waals surface area contributed by atoms with Gasteiger partial charge in [0.05, 0.1) is 17.1 Å². The van der Waals surface area contributed by atoms with Gasteiger partial charge < -0.3 is 10.5 Å². The van der Waals surface area contributed by atoms with Crippen LogP contribution >= 0.6 is 0 Å². The zero-order valence-electron chi connectivity index (χ0n) is 11.7. The summed E-state index contributed by atoms with van der Waals surface area (Å²) < 4.78 is 33.7. The van der Waals surface area contributed by atoms with E-state index in [1.807, 2.05) is 0 Å². The summed E-state index contributed by atoms with van der Waals surface area (Å²) in [6, 6.07) is 7.95. The molecule has 2 rings (SSSR count). The van der Waals surface area contributed by atoms with Gasteiger partial charge in [0, 0.05) is 19.8 Å². The van der Waals surface area contributed by atoms with Crippen LogP contribution in [-0.4, -0.2) is 31.3 Å². The van der Waals surface area contributed by atoms with E-state index in [2.05, 4.69) is 9.82 Å². The maximum Gasteiger partial charge on any atom is 0.240 e. The lowest BCUT2D eigenvalue weighted by molar-refractivity contribution is 0.328. The Kier molecular flexibility index (Phi) is 4.94. The summed E-state index contributed by atoms with van der Waals surface area (Å²) in [6.07, 6.45) is 1.76. The predicted molar refractivity (Wildman–Crippen MR) is 78.2 cm³/mol. The summed E-state index contributed by atoms with van der Waals surface area (Å²) in [5.41, 5.74) is 5.99. The van der Waals surface area contributed by atoms with Gasteiger partial charge in [-0.05, 0) is 30.3 Å². The zero-order chi connectivity index (χ0) is 15.3. The maximum absolute atomic E-state index is 12.1. The Morgan fingerprint density at radius 1 is 1.29 bits per heavy atom. The molecule has 1 heterocycles. The van der Waals surface area contributed by atoms with Crippen LogP contribution in [0.4, 0.5) is 0 Å². The van der Waals surface area contributed by atoms with Crippen molar-refractivity contribution in [2.75, 3.05) is 13.2 Å². The van der Waals surface area contributed by atoms with Crippen LogP contribution in [0.1, 0.15) is 5.69 Å². The number of aromatic nitrogens is 2. The molecule has 0 radical (unpaired) electrons. The molecule has 114 valence electrons. The van der Waals surface area contributed by atoms with Crippen molar-refractivity contribution in [2.24, 2.45) is 12.8 Å². The van der Waals surface area contributed by atoms with Crippen molar-refractivity contribution in [3.8, 4) is 5.75 Å². The maximum atomic E-state index is 12.1. The Morgan fingerprint density at radius 3 is 2.57 bits per heavy atom. The molecule has 0 unspecified atom stereocenters. The minimum Gasteiger partial charge on any atom is -0.492 e. The number of rotatable bonds is 7. The highest BCUT2D eigenvalue weighted by Crippen LogP contribution is 2.16. The molecule has 1 aromatic carbocycles. The SMILES string of the molecule is Cn1ccc(CNS(=O)(=O)c2ccc(OCCN)cc2)n1. The third-order valence-corrected chi connectivity index (χ3v) is 4.15. The van der Waals surface area contributed by atoms with E-state index in [4.69, 9.17) is 10.5 Å². The first-order chi connectivity index (χ1) is 10.0. The van der Waals surface area contributed by atoms with E-state index in [0.717, 1.165) is 0 Å². The first-order valence-corrected chi connectivity index (χ1v) is 7.91. The molecule has 0 saturated carbocycles. The van der Waals surface area contributed by atoms with Crippen LogP contribution in [0.2, 0.25) is 0 Å². The first-order valence-electron chi connectivity index (χ1n) is 6.42. The second kappa shape index (κ2) is 6.70. The Balaban J connectivity index is 2.01. The van der Waals surface area contributed by atoms with E-state index in [1.54, 1.807) is 36.1 Å². The lowest BCUT2D eigenvalue weighted by atomic mass is 10.3. The van der Waals surface area contributed by atoms with E-state index < -0.39 is 10.0 Å². The van der Waals surface area contributed by atoms with Crippen LogP contribution in [0.15, 0.2) is 41.4 Å². The van der Waals surface area contributed by atoms with E-state index in [-0.39, 0.29) is 11.4 Å². The fourth-order valence-corrected chi connectivity index (χ4v) is 2.70. The van der Waals surface area contributed by atoms with Crippen molar-refractivity contribution in [1.29, 1.82) is 0 Å². The average Bonchev–Trinajstić information content (AvgIpc) is 2.89. The van der Waals surface area contributed by atoms with Crippen molar-refractivity contribution in [3.63, 3.8) is 0 Å². The standard InChI is InChI=1S/C13H18N4O3S/c1-17-8-6-11(16-17)10-15-21(18,19)13-4-2-12(3-5-13)20-9-7-14/h2-6,8,15H,7,9-10,14H2,1H3. The Hall–Kier alpha value is -1.90. The summed E-state index contributed by atoms with van der Waals surface area (Å²) in [6.45, 7) is 0.949. The van der Waals surface area contributed by atoms with Crippen LogP contribution in [0.5, 0.6) is 5.75 Å². The minimum atomic E-state index is -3.57. The van der Waals surface area contributed by atoms with Crippen molar-refractivity contribution in [2.45, 2.75) is 11.4 Å². The molecule has 0 bridgehead atoms. The quantitative estimate of drug-likeness (QED) is 0.763. The van der Waals surface area contributed by atoms with Crippen LogP contribution in [-0.2, 0) is 23.6 Å². The third kappa shape index (κ3) is 4.28. The minimum absolute atomic E-state index is 0.147. The second-order valence-corrected chi connectivity index (χ2v) is 6.18. The van der Waals surface area contributed by atoms with Gasteiger partial charge in [-0.15, -0.1) is 0 Å². The largest absolute Gasteiger partial charge is 0.492 e. The molecular formula is C13H18N4O3S. The molecule has 0 aliphatic heterocycles. The molecule has 0 fully saturated rings. The summed E-state index contributed by atoms with van der Waals surface area (Å²) in [7, 11) is -1.79. The smallest absolute Gasteiger partial charge is 0.240 e. The predicted octanol–water partition coefficient (Wildman–Crippen LogP) is 0.236. The lowest BCUT2D eigenvalue weighted by Crippen LogP contribution is -2.23. The molecular weight excluding hydrogens is 292 g/mol. The van der Waals surface area contributed by atoms with Gasteiger partial charge in [0.1, 0.15) is 12.4 Å². The number of nitrogens with zero attached hydrogens (tertiary/aromatic N) is 2. The number of benzene rings is 1. The van der Waals surface area contributed by atoms with Crippen molar-refractivity contribution >= 4 is 10.0 Å². The van der Waals surface area contributed by atoms with E-state index in [1.165, 1.54) is 12.1 Å². The van der Waals surface area contributed by atoms with Gasteiger partial charge >= 0.3 is 0 Å². The monoisotopic (exact) mass is 310 g/mol. The molecule has 0 atom stereocenters. The van der Waals surface area contributed by atoms with Crippen molar-refractivity contribution in [3.05, 3.63) is 42.2 Å². The van der Waals surface area contributed by atoms with Gasteiger partial charge in [0.2, 0.25) is 10.0 Å². The third-order valence-electron chi connectivity index (χ3n) is 2.73. The van der Waals surface area contributed by atoms with E-state index in [0.29, 0.717) is 24.6 Å². The molecule has 1 aromatic heterocycles. The molecule has 2 aromatic rings. The summed E-state index contributed by atoms with van der Waals surface area (Å²) in [4.78, 5) is 0.179. The second-order valence-electron chi connectivity index (χ2n) is 4.41. The normalized spacial score (nSPS) is 11.5. The van der Waals surface area contributed by atoms with Crippen LogP contribution < -0.4 is 15.2 Å². The van der Waals surface area contributed by atoms with Gasteiger partial charge in [-0.2, -0.15) is 5.10 Å². The zero-order valence-corrected chi connectivity index (χ0v) is 12.5.